The minimum Gasteiger partial charge on any atom is -0.462 e. The van der Waals surface area contributed by atoms with Crippen LogP contribution >= 0.6 is 7.82 Å². The van der Waals surface area contributed by atoms with Crippen LogP contribution in [0.3, 0.4) is 0 Å². The van der Waals surface area contributed by atoms with Gasteiger partial charge in [0.25, 0.3) is 0 Å². The molecule has 320 valence electrons. The molecule has 56 heavy (non-hydrogen) atoms. The summed E-state index contributed by atoms with van der Waals surface area (Å²) in [7, 11) is -4.66. The lowest BCUT2D eigenvalue weighted by Gasteiger charge is -2.20. The summed E-state index contributed by atoms with van der Waals surface area (Å²) in [4.78, 5) is 47.0. The summed E-state index contributed by atoms with van der Waals surface area (Å²) in [6.07, 6.45) is 39.7. The molecule has 0 rings (SSSR count). The number of carbonyl (C=O) groups is 3. The van der Waals surface area contributed by atoms with Gasteiger partial charge in [0.2, 0.25) is 0 Å². The van der Waals surface area contributed by atoms with Gasteiger partial charge in [-0.25, -0.2) is 4.57 Å². The molecule has 3 N–H and O–H groups in total. The number of unbranched alkanes of at least 4 members (excludes halogenated alkanes) is 11. The number of phosphoric ester groups is 1. The van der Waals surface area contributed by atoms with Crippen LogP contribution in [0, 0.1) is 0 Å². The molecule has 1 unspecified atom stereocenters. The Morgan fingerprint density at radius 2 is 1.14 bits per heavy atom. The molecule has 0 saturated heterocycles. The molecule has 0 amide bonds. The maximum atomic E-state index is 12.6. The van der Waals surface area contributed by atoms with Crippen molar-refractivity contribution in [2.24, 2.45) is 0 Å². The van der Waals surface area contributed by atoms with E-state index < -0.39 is 51.8 Å². The third kappa shape index (κ3) is 38.0. The molecule has 3 atom stereocenters. The zero-order valence-corrected chi connectivity index (χ0v) is 35.2. The minimum absolute atomic E-state index is 0.0909. The van der Waals surface area contributed by atoms with Gasteiger partial charge >= 0.3 is 19.8 Å². The first-order valence-electron chi connectivity index (χ1n) is 20.8. The second kappa shape index (κ2) is 38.9. The van der Waals surface area contributed by atoms with Crippen LogP contribution in [0.4, 0.5) is 0 Å². The second-order valence-corrected chi connectivity index (χ2v) is 15.1. The monoisotopic (exact) mass is 808 g/mol. The summed E-state index contributed by atoms with van der Waals surface area (Å²) in [5, 5.41) is 18.3. The fourth-order valence-electron chi connectivity index (χ4n) is 5.08. The number of allylic oxidation sites excluding steroid dienone is 12. The molecule has 0 saturated carbocycles. The molecule has 0 aromatic heterocycles. The fraction of sp³-hybridized carbons (Fsp3) is 0.659. The van der Waals surface area contributed by atoms with E-state index in [4.69, 9.17) is 19.1 Å². The highest BCUT2D eigenvalue weighted by molar-refractivity contribution is 7.47. The van der Waals surface area contributed by atoms with Crippen LogP contribution in [-0.2, 0) is 37.5 Å². The quantitative estimate of drug-likeness (QED) is 0.0136. The van der Waals surface area contributed by atoms with Crippen LogP contribution in [0.15, 0.2) is 72.9 Å². The average Bonchev–Trinajstić information content (AvgIpc) is 3.18. The van der Waals surface area contributed by atoms with Crippen LogP contribution in [0.5, 0.6) is 0 Å². The van der Waals surface area contributed by atoms with Crippen molar-refractivity contribution in [2.75, 3.05) is 26.4 Å². The lowest BCUT2D eigenvalue weighted by molar-refractivity contribution is -0.161. The standard InChI is InChI=1S/C44H73O11P/c1-3-5-7-9-11-12-13-14-15-16-17-18-19-20-22-26-30-34-43(48)52-38-42(39-54-56(50,51)53-37-41(47)36-45)55-44(49)35-31-27-23-25-29-33-40(46)32-28-24-21-10-8-6-4-2/h5,7,11-12,14-15,17-18,21,24,28,32,41-42,45,47H,3-4,6,8-10,13,16,19-20,22-23,25-27,29-31,33-39H2,1-2H3,(H,50,51)/b7-5-,12-11-,15-14-,18-17-,24-21-,32-28+/t41-,42+/m0/s1. The summed E-state index contributed by atoms with van der Waals surface area (Å²) in [5.41, 5.74) is 0. The molecule has 0 fully saturated rings. The predicted octanol–water partition coefficient (Wildman–Crippen LogP) is 10.1. The molecular formula is C44H73O11P. The van der Waals surface area contributed by atoms with Gasteiger partial charge < -0.3 is 24.6 Å². The Morgan fingerprint density at radius 1 is 0.607 bits per heavy atom. The van der Waals surface area contributed by atoms with Gasteiger partial charge in [-0.15, -0.1) is 0 Å². The van der Waals surface area contributed by atoms with E-state index in [1.807, 2.05) is 6.08 Å². The molecule has 0 aliphatic rings. The summed E-state index contributed by atoms with van der Waals surface area (Å²) < 4.78 is 32.6. The first-order chi connectivity index (χ1) is 27.1. The normalized spacial score (nSPS) is 14.5. The number of aliphatic hydroxyl groups is 2. The highest BCUT2D eigenvalue weighted by Crippen LogP contribution is 2.43. The Morgan fingerprint density at radius 3 is 1.79 bits per heavy atom. The summed E-state index contributed by atoms with van der Waals surface area (Å²) >= 11 is 0. The van der Waals surface area contributed by atoms with Crippen molar-refractivity contribution >= 4 is 25.5 Å². The van der Waals surface area contributed by atoms with Crippen LogP contribution in [0.25, 0.3) is 0 Å². The Hall–Kier alpha value is -2.92. The number of hydrogen-bond acceptors (Lipinski definition) is 10. The first-order valence-corrected chi connectivity index (χ1v) is 22.3. The smallest absolute Gasteiger partial charge is 0.462 e. The van der Waals surface area contributed by atoms with Crippen molar-refractivity contribution < 1.29 is 52.6 Å². The highest BCUT2D eigenvalue weighted by Gasteiger charge is 2.27. The van der Waals surface area contributed by atoms with Crippen LogP contribution in [0.1, 0.15) is 149 Å². The van der Waals surface area contributed by atoms with Crippen molar-refractivity contribution in [3.8, 4) is 0 Å². The molecule has 11 nitrogen and oxygen atoms in total. The van der Waals surface area contributed by atoms with E-state index >= 15 is 0 Å². The van der Waals surface area contributed by atoms with Gasteiger partial charge in [0, 0.05) is 19.3 Å². The molecule has 0 aromatic carbocycles. The van der Waals surface area contributed by atoms with Crippen molar-refractivity contribution in [3.63, 3.8) is 0 Å². The van der Waals surface area contributed by atoms with Gasteiger partial charge in [0.15, 0.2) is 11.9 Å². The van der Waals surface area contributed by atoms with Crippen molar-refractivity contribution in [2.45, 2.75) is 161 Å². The topological polar surface area (TPSA) is 166 Å². The summed E-state index contributed by atoms with van der Waals surface area (Å²) in [5.74, 6) is -0.959. The lowest BCUT2D eigenvalue weighted by atomic mass is 10.1. The summed E-state index contributed by atoms with van der Waals surface area (Å²) in [6.45, 7) is 2.02. The molecule has 0 aliphatic carbocycles. The van der Waals surface area contributed by atoms with Crippen LogP contribution in [-0.4, -0.2) is 71.5 Å². The maximum absolute atomic E-state index is 12.6. The number of phosphoric acid groups is 1. The number of rotatable bonds is 38. The van der Waals surface area contributed by atoms with E-state index in [1.165, 1.54) is 12.8 Å². The van der Waals surface area contributed by atoms with E-state index in [1.54, 1.807) is 12.2 Å². The molecule has 0 aliphatic heterocycles. The minimum atomic E-state index is -4.66. The van der Waals surface area contributed by atoms with Crippen molar-refractivity contribution in [1.29, 1.82) is 0 Å². The number of ether oxygens (including phenoxy) is 2. The van der Waals surface area contributed by atoms with Gasteiger partial charge in [-0.1, -0.05) is 126 Å². The maximum Gasteiger partial charge on any atom is 0.472 e. The Kier molecular flexibility index (Phi) is 36.9. The number of hydrogen-bond donors (Lipinski definition) is 3. The third-order valence-corrected chi connectivity index (χ3v) is 9.27. The van der Waals surface area contributed by atoms with E-state index in [0.717, 1.165) is 89.9 Å². The van der Waals surface area contributed by atoms with Crippen molar-refractivity contribution in [1.82, 2.24) is 0 Å². The highest BCUT2D eigenvalue weighted by atomic mass is 31.2. The van der Waals surface area contributed by atoms with Crippen molar-refractivity contribution in [3.05, 3.63) is 72.9 Å². The molecule has 0 heterocycles. The van der Waals surface area contributed by atoms with Crippen LogP contribution < -0.4 is 0 Å². The van der Waals surface area contributed by atoms with Gasteiger partial charge in [-0.2, -0.15) is 0 Å². The van der Waals surface area contributed by atoms with E-state index in [0.29, 0.717) is 19.3 Å². The SMILES string of the molecule is CC/C=C\C/C=C\C/C=C\C/C=C\CCCCCCC(=O)OC[C@H](COP(=O)(O)OC[C@@H](O)CO)OC(=O)CCCCCCCC(=O)/C=C/C=C\CCCCC. The summed E-state index contributed by atoms with van der Waals surface area (Å²) in [6, 6.07) is 0. The zero-order chi connectivity index (χ0) is 41.4. The molecular weight excluding hydrogens is 735 g/mol. The lowest BCUT2D eigenvalue weighted by Crippen LogP contribution is -2.29. The fourth-order valence-corrected chi connectivity index (χ4v) is 5.87. The van der Waals surface area contributed by atoms with E-state index in [2.05, 4.69) is 73.1 Å². The number of aliphatic hydroxyl groups excluding tert-OH is 2. The largest absolute Gasteiger partial charge is 0.472 e. The number of carbonyl (C=O) groups excluding carboxylic acids is 3. The number of ketones is 1. The molecule has 12 heteroatoms. The molecule has 0 bridgehead atoms. The molecule has 0 radical (unpaired) electrons. The van der Waals surface area contributed by atoms with Gasteiger partial charge in [0.05, 0.1) is 19.8 Å². The van der Waals surface area contributed by atoms with Gasteiger partial charge in [-0.05, 0) is 76.7 Å². The van der Waals surface area contributed by atoms with Gasteiger partial charge in [-0.3, -0.25) is 23.4 Å². The Balaban J connectivity index is 4.46. The second-order valence-electron chi connectivity index (χ2n) is 13.7. The zero-order valence-electron chi connectivity index (χ0n) is 34.3. The average molecular weight is 809 g/mol. The van der Waals surface area contributed by atoms with E-state index in [9.17, 15) is 28.9 Å². The third-order valence-electron chi connectivity index (χ3n) is 8.32. The van der Waals surface area contributed by atoms with E-state index in [-0.39, 0.29) is 25.2 Å². The first kappa shape index (κ1) is 53.1. The Bertz CT molecular complexity index is 1220. The Labute approximate surface area is 337 Å². The van der Waals surface area contributed by atoms with Gasteiger partial charge in [0.1, 0.15) is 12.7 Å². The molecule has 0 spiro atoms. The number of esters is 2. The predicted molar refractivity (Wildman–Crippen MR) is 224 cm³/mol. The molecule has 0 aromatic rings. The van der Waals surface area contributed by atoms with Crippen LogP contribution in [0.2, 0.25) is 0 Å².